The van der Waals surface area contributed by atoms with Crippen molar-refractivity contribution in [2.24, 2.45) is 0 Å². The maximum Gasteiger partial charge on any atom is 0.323 e. The fourth-order valence-electron chi connectivity index (χ4n) is 1.70. The molecule has 21 heavy (non-hydrogen) atoms. The lowest BCUT2D eigenvalue weighted by atomic mass is 10.2. The van der Waals surface area contributed by atoms with Crippen LogP contribution in [0.1, 0.15) is 11.1 Å². The Labute approximate surface area is 126 Å². The Morgan fingerprint density at radius 1 is 1.29 bits per heavy atom. The van der Waals surface area contributed by atoms with Crippen molar-refractivity contribution in [3.63, 3.8) is 0 Å². The van der Waals surface area contributed by atoms with Crippen molar-refractivity contribution in [3.05, 3.63) is 58.4 Å². The zero-order valence-corrected chi connectivity index (χ0v) is 11.8. The summed E-state index contributed by atoms with van der Waals surface area (Å²) in [6.07, 6.45) is 0. The number of aryl methyl sites for hydroxylation is 1. The van der Waals surface area contributed by atoms with E-state index in [1.807, 2.05) is 6.92 Å². The summed E-state index contributed by atoms with van der Waals surface area (Å²) in [6.45, 7) is 1.85. The van der Waals surface area contributed by atoms with Crippen molar-refractivity contribution in [1.29, 1.82) is 5.26 Å². The average Bonchev–Trinajstić information content (AvgIpc) is 2.43. The molecule has 0 aromatic heterocycles. The molecule has 0 aliphatic rings. The summed E-state index contributed by atoms with van der Waals surface area (Å²) in [4.78, 5) is 11.9. The average molecular weight is 304 g/mol. The van der Waals surface area contributed by atoms with Crippen LogP contribution in [0.25, 0.3) is 0 Å². The van der Waals surface area contributed by atoms with Gasteiger partial charge in [0.25, 0.3) is 0 Å². The highest BCUT2D eigenvalue weighted by Crippen LogP contribution is 2.21. The number of carbonyl (C=O) groups excluding carboxylic acids is 1. The van der Waals surface area contributed by atoms with E-state index in [-0.39, 0.29) is 11.3 Å². The van der Waals surface area contributed by atoms with Gasteiger partial charge < -0.3 is 10.6 Å². The first-order valence-electron chi connectivity index (χ1n) is 6.04. The second-order valence-corrected chi connectivity index (χ2v) is 4.72. The minimum absolute atomic E-state index is 0.105. The molecule has 0 unspecified atom stereocenters. The maximum absolute atomic E-state index is 13.4. The van der Waals surface area contributed by atoms with Crippen molar-refractivity contribution >= 4 is 29.0 Å². The van der Waals surface area contributed by atoms with E-state index in [4.69, 9.17) is 16.9 Å². The zero-order chi connectivity index (χ0) is 15.4. The van der Waals surface area contributed by atoms with Gasteiger partial charge in [-0.2, -0.15) is 5.26 Å². The topological polar surface area (TPSA) is 64.9 Å². The van der Waals surface area contributed by atoms with Gasteiger partial charge in [-0.05, 0) is 36.8 Å². The fraction of sp³-hybridized carbons (Fsp3) is 0.0667. The molecule has 2 aromatic carbocycles. The van der Waals surface area contributed by atoms with Crippen LogP contribution >= 0.6 is 11.6 Å². The first kappa shape index (κ1) is 14.8. The first-order valence-corrected chi connectivity index (χ1v) is 6.42. The Hall–Kier alpha value is -2.58. The number of anilines is 2. The van der Waals surface area contributed by atoms with Gasteiger partial charge in [0.05, 0.1) is 5.69 Å². The molecule has 0 heterocycles. The number of hydrogen-bond acceptors (Lipinski definition) is 2. The Morgan fingerprint density at radius 3 is 2.71 bits per heavy atom. The summed E-state index contributed by atoms with van der Waals surface area (Å²) in [6, 6.07) is 10.2. The van der Waals surface area contributed by atoms with Crippen LogP contribution in [-0.4, -0.2) is 6.03 Å². The van der Waals surface area contributed by atoms with Gasteiger partial charge in [-0.3, -0.25) is 0 Å². The minimum atomic E-state index is -0.686. The Balaban J connectivity index is 2.14. The summed E-state index contributed by atoms with van der Waals surface area (Å²) in [5.74, 6) is -0.686. The molecular weight excluding hydrogens is 293 g/mol. The number of nitrogens with zero attached hydrogens (tertiary/aromatic N) is 1. The van der Waals surface area contributed by atoms with Crippen LogP contribution in [0.4, 0.5) is 20.6 Å². The van der Waals surface area contributed by atoms with E-state index < -0.39 is 11.8 Å². The Kier molecular flexibility index (Phi) is 4.41. The summed E-state index contributed by atoms with van der Waals surface area (Å²) in [7, 11) is 0. The maximum atomic E-state index is 13.4. The minimum Gasteiger partial charge on any atom is -0.308 e. The Morgan fingerprint density at radius 2 is 2.05 bits per heavy atom. The van der Waals surface area contributed by atoms with Crippen molar-refractivity contribution in [2.75, 3.05) is 10.6 Å². The van der Waals surface area contributed by atoms with E-state index in [2.05, 4.69) is 10.6 Å². The number of amides is 2. The van der Waals surface area contributed by atoms with Crippen LogP contribution in [0.3, 0.4) is 0 Å². The molecule has 0 aliphatic carbocycles. The summed E-state index contributed by atoms with van der Waals surface area (Å²) in [5, 5.41) is 14.4. The van der Waals surface area contributed by atoms with Crippen molar-refractivity contribution in [3.8, 4) is 6.07 Å². The van der Waals surface area contributed by atoms with E-state index >= 15 is 0 Å². The molecule has 106 valence electrons. The number of urea groups is 1. The number of nitriles is 1. The van der Waals surface area contributed by atoms with Gasteiger partial charge in [0.1, 0.15) is 17.4 Å². The number of halogens is 2. The van der Waals surface area contributed by atoms with Gasteiger partial charge >= 0.3 is 6.03 Å². The molecule has 0 bridgehead atoms. The predicted molar refractivity (Wildman–Crippen MR) is 79.9 cm³/mol. The molecule has 0 spiro atoms. The fourth-order valence-corrected chi connectivity index (χ4v) is 1.88. The van der Waals surface area contributed by atoms with E-state index in [9.17, 15) is 9.18 Å². The number of hydrogen-bond donors (Lipinski definition) is 2. The standard InChI is InChI=1S/C15H11ClFN3O/c1-9-5-6-10(7-12(9)16)19-15(21)20-14-4-2-3-13(17)11(14)8-18/h2-7H,1H3,(H2,19,20,21). The normalized spacial score (nSPS) is 9.81. The van der Waals surface area contributed by atoms with Gasteiger partial charge in [0.2, 0.25) is 0 Å². The lowest BCUT2D eigenvalue weighted by Gasteiger charge is -2.10. The first-order chi connectivity index (χ1) is 10.0. The molecule has 2 N–H and O–H groups in total. The molecule has 0 saturated heterocycles. The van der Waals surface area contributed by atoms with Crippen LogP contribution in [0.15, 0.2) is 36.4 Å². The zero-order valence-electron chi connectivity index (χ0n) is 11.1. The lowest BCUT2D eigenvalue weighted by Crippen LogP contribution is -2.20. The van der Waals surface area contributed by atoms with Crippen LogP contribution in [0, 0.1) is 24.1 Å². The lowest BCUT2D eigenvalue weighted by molar-refractivity contribution is 0.262. The molecule has 2 rings (SSSR count). The third-order valence-electron chi connectivity index (χ3n) is 2.80. The smallest absolute Gasteiger partial charge is 0.308 e. The molecule has 2 aromatic rings. The SMILES string of the molecule is Cc1ccc(NC(=O)Nc2cccc(F)c2C#N)cc1Cl. The van der Waals surface area contributed by atoms with Gasteiger partial charge in [0.15, 0.2) is 0 Å². The van der Waals surface area contributed by atoms with Gasteiger partial charge in [0, 0.05) is 10.7 Å². The van der Waals surface area contributed by atoms with Crippen molar-refractivity contribution in [1.82, 2.24) is 0 Å². The van der Waals surface area contributed by atoms with Crippen molar-refractivity contribution in [2.45, 2.75) is 6.92 Å². The molecule has 0 atom stereocenters. The number of carbonyl (C=O) groups is 1. The van der Waals surface area contributed by atoms with E-state index in [0.717, 1.165) is 11.6 Å². The van der Waals surface area contributed by atoms with Gasteiger partial charge in [-0.1, -0.05) is 23.7 Å². The molecule has 0 fully saturated rings. The summed E-state index contributed by atoms with van der Waals surface area (Å²) < 4.78 is 13.4. The second-order valence-electron chi connectivity index (χ2n) is 4.32. The summed E-state index contributed by atoms with van der Waals surface area (Å²) in [5.41, 5.74) is 1.28. The van der Waals surface area contributed by atoms with Crippen LogP contribution in [-0.2, 0) is 0 Å². The van der Waals surface area contributed by atoms with Gasteiger partial charge in [-0.25, -0.2) is 9.18 Å². The molecule has 0 aliphatic heterocycles. The van der Waals surface area contributed by atoms with Gasteiger partial charge in [-0.15, -0.1) is 0 Å². The van der Waals surface area contributed by atoms with Crippen LogP contribution < -0.4 is 10.6 Å². The molecule has 6 heteroatoms. The summed E-state index contributed by atoms with van der Waals surface area (Å²) >= 11 is 5.96. The largest absolute Gasteiger partial charge is 0.323 e. The number of rotatable bonds is 2. The van der Waals surface area contributed by atoms with E-state index in [1.165, 1.54) is 12.1 Å². The number of nitrogens with one attached hydrogen (secondary N) is 2. The van der Waals surface area contributed by atoms with E-state index in [1.54, 1.807) is 24.3 Å². The third-order valence-corrected chi connectivity index (χ3v) is 3.21. The molecule has 2 amide bonds. The van der Waals surface area contributed by atoms with Crippen molar-refractivity contribution < 1.29 is 9.18 Å². The third kappa shape index (κ3) is 3.50. The highest BCUT2D eigenvalue weighted by molar-refractivity contribution is 6.31. The molecular formula is C15H11ClFN3O. The Bertz CT molecular complexity index is 740. The van der Waals surface area contributed by atoms with E-state index in [0.29, 0.717) is 10.7 Å². The number of benzene rings is 2. The predicted octanol–water partition coefficient (Wildman–Crippen LogP) is 4.30. The molecule has 0 radical (unpaired) electrons. The second kappa shape index (κ2) is 6.25. The quantitative estimate of drug-likeness (QED) is 0.868. The van der Waals surface area contributed by atoms with Crippen LogP contribution in [0.5, 0.6) is 0 Å². The molecule has 4 nitrogen and oxygen atoms in total. The van der Waals surface area contributed by atoms with Crippen LogP contribution in [0.2, 0.25) is 5.02 Å². The molecule has 0 saturated carbocycles. The monoisotopic (exact) mass is 303 g/mol. The highest BCUT2D eigenvalue weighted by Gasteiger charge is 2.11. The highest BCUT2D eigenvalue weighted by atomic mass is 35.5.